The van der Waals surface area contributed by atoms with Crippen LogP contribution in [0.4, 0.5) is 0 Å². The Morgan fingerprint density at radius 3 is 2.62 bits per heavy atom. The molecule has 0 bridgehead atoms. The van der Waals surface area contributed by atoms with Crippen LogP contribution in [0.15, 0.2) is 53.1 Å². The molecule has 0 saturated heterocycles. The molecule has 2 amide bonds. The molecule has 2 aromatic heterocycles. The molecule has 3 rings (SSSR count). The highest BCUT2D eigenvalue weighted by Crippen LogP contribution is 2.26. The van der Waals surface area contributed by atoms with Crippen molar-refractivity contribution in [3.05, 3.63) is 59.4 Å². The van der Waals surface area contributed by atoms with Crippen molar-refractivity contribution in [3.63, 3.8) is 0 Å². The maximum atomic E-state index is 12.9. The summed E-state index contributed by atoms with van der Waals surface area (Å²) in [6.45, 7) is 3.98. The summed E-state index contributed by atoms with van der Waals surface area (Å²) in [5, 5.41) is 10.4. The molecule has 7 nitrogen and oxygen atoms in total. The van der Waals surface area contributed by atoms with E-state index in [1.807, 2.05) is 19.9 Å². The largest absolute Gasteiger partial charge is 0.463 e. The maximum Gasteiger partial charge on any atom is 0.272 e. The van der Waals surface area contributed by atoms with Crippen molar-refractivity contribution in [2.75, 3.05) is 7.05 Å². The van der Waals surface area contributed by atoms with Crippen molar-refractivity contribution in [1.29, 1.82) is 0 Å². The Bertz CT molecular complexity index is 995. The van der Waals surface area contributed by atoms with Crippen LogP contribution in [-0.2, 0) is 4.79 Å². The van der Waals surface area contributed by atoms with Crippen LogP contribution in [0, 0.1) is 5.92 Å². The second kappa shape index (κ2) is 8.96. The van der Waals surface area contributed by atoms with Crippen LogP contribution < -0.4 is 10.6 Å². The molecule has 29 heavy (non-hydrogen) atoms. The van der Waals surface area contributed by atoms with Crippen molar-refractivity contribution in [3.8, 4) is 17.1 Å². The predicted octanol–water partition coefficient (Wildman–Crippen LogP) is 3.68. The maximum absolute atomic E-state index is 12.9. The first-order valence-corrected chi connectivity index (χ1v) is 9.69. The van der Waals surface area contributed by atoms with Gasteiger partial charge in [0.2, 0.25) is 5.91 Å². The zero-order valence-electron chi connectivity index (χ0n) is 16.5. The molecule has 0 saturated carbocycles. The van der Waals surface area contributed by atoms with Gasteiger partial charge < -0.3 is 15.1 Å². The quantitative estimate of drug-likeness (QED) is 0.617. The summed E-state index contributed by atoms with van der Waals surface area (Å²) in [6.07, 6.45) is 2.07. The number of carbonyl (C=O) groups is 2. The Balaban J connectivity index is 1.96. The van der Waals surface area contributed by atoms with Gasteiger partial charge in [0.05, 0.1) is 12.0 Å². The number of furan rings is 1. The zero-order chi connectivity index (χ0) is 21.0. The molecule has 8 heteroatoms. The van der Waals surface area contributed by atoms with Gasteiger partial charge in [-0.1, -0.05) is 31.5 Å². The van der Waals surface area contributed by atoms with Gasteiger partial charge in [-0.15, -0.1) is 0 Å². The molecule has 152 valence electrons. The summed E-state index contributed by atoms with van der Waals surface area (Å²) in [5.41, 5.74) is 1.46. The van der Waals surface area contributed by atoms with Crippen LogP contribution in [0.25, 0.3) is 17.1 Å². The SMILES string of the molecule is CNC(=O)[C@H](CC(C)C)NC(=O)c1cc(-c2ccco2)n(-c2cccc(Cl)c2)n1. The predicted molar refractivity (Wildman–Crippen MR) is 111 cm³/mol. The molecule has 0 aliphatic heterocycles. The smallest absolute Gasteiger partial charge is 0.272 e. The fourth-order valence-electron chi connectivity index (χ4n) is 3.01. The topological polar surface area (TPSA) is 89.2 Å². The fraction of sp³-hybridized carbons (Fsp3) is 0.286. The Hall–Kier alpha value is -3.06. The molecule has 0 unspecified atom stereocenters. The molecule has 0 fully saturated rings. The van der Waals surface area contributed by atoms with Gasteiger partial charge >= 0.3 is 0 Å². The van der Waals surface area contributed by atoms with E-state index in [9.17, 15) is 9.59 Å². The molecule has 2 N–H and O–H groups in total. The van der Waals surface area contributed by atoms with Crippen LogP contribution in [0.3, 0.4) is 0 Å². The lowest BCUT2D eigenvalue weighted by Gasteiger charge is -2.18. The average molecular weight is 415 g/mol. The van der Waals surface area contributed by atoms with Gasteiger partial charge in [0.25, 0.3) is 5.91 Å². The van der Waals surface area contributed by atoms with Crippen molar-refractivity contribution in [1.82, 2.24) is 20.4 Å². The Morgan fingerprint density at radius 1 is 1.21 bits per heavy atom. The van der Waals surface area contributed by atoms with Crippen LogP contribution in [0.5, 0.6) is 0 Å². The number of likely N-dealkylation sites (N-methyl/N-ethyl adjacent to an activating group) is 1. The van der Waals surface area contributed by atoms with Gasteiger partial charge in [0.15, 0.2) is 11.5 Å². The first-order valence-electron chi connectivity index (χ1n) is 9.31. The van der Waals surface area contributed by atoms with Gasteiger partial charge in [0, 0.05) is 18.1 Å². The molecule has 1 aromatic carbocycles. The fourth-order valence-corrected chi connectivity index (χ4v) is 3.19. The van der Waals surface area contributed by atoms with Crippen LogP contribution in [0.2, 0.25) is 5.02 Å². The number of rotatable bonds is 7. The van der Waals surface area contributed by atoms with E-state index in [4.69, 9.17) is 16.0 Å². The van der Waals surface area contributed by atoms with E-state index in [1.165, 1.54) is 0 Å². The minimum Gasteiger partial charge on any atom is -0.463 e. The van der Waals surface area contributed by atoms with Gasteiger partial charge in [-0.25, -0.2) is 4.68 Å². The molecular weight excluding hydrogens is 392 g/mol. The zero-order valence-corrected chi connectivity index (χ0v) is 17.2. The monoisotopic (exact) mass is 414 g/mol. The van der Waals surface area contributed by atoms with Gasteiger partial charge in [-0.05, 0) is 42.7 Å². The second-order valence-electron chi connectivity index (χ2n) is 7.05. The standard InChI is InChI=1S/C21H23ClN4O3/c1-13(2)10-16(20(27)23-3)24-21(28)17-12-18(19-8-5-9-29-19)26(25-17)15-7-4-6-14(22)11-15/h4-9,11-13,16H,10H2,1-3H3,(H,23,27)(H,24,28)/t16-/m0/s1. The second-order valence-corrected chi connectivity index (χ2v) is 7.49. The van der Waals surface area contributed by atoms with Crippen molar-refractivity contribution in [2.45, 2.75) is 26.3 Å². The molecule has 0 spiro atoms. The molecular formula is C21H23ClN4O3. The van der Waals surface area contributed by atoms with E-state index in [-0.39, 0.29) is 17.5 Å². The summed E-state index contributed by atoms with van der Waals surface area (Å²) in [4.78, 5) is 25.0. The third-order valence-electron chi connectivity index (χ3n) is 4.34. The number of aromatic nitrogens is 2. The van der Waals surface area contributed by atoms with Gasteiger partial charge in [0.1, 0.15) is 11.7 Å². The summed E-state index contributed by atoms with van der Waals surface area (Å²) >= 11 is 6.12. The number of benzene rings is 1. The minimum atomic E-state index is -0.643. The number of nitrogens with one attached hydrogen (secondary N) is 2. The number of nitrogens with zero attached hydrogens (tertiary/aromatic N) is 2. The summed E-state index contributed by atoms with van der Waals surface area (Å²) < 4.78 is 7.10. The number of amides is 2. The van der Waals surface area contributed by atoms with E-state index >= 15 is 0 Å². The lowest BCUT2D eigenvalue weighted by molar-refractivity contribution is -0.122. The highest BCUT2D eigenvalue weighted by molar-refractivity contribution is 6.30. The first kappa shape index (κ1) is 20.7. The third kappa shape index (κ3) is 4.86. The molecule has 0 radical (unpaired) electrons. The summed E-state index contributed by atoms with van der Waals surface area (Å²) in [7, 11) is 1.55. The lowest BCUT2D eigenvalue weighted by Crippen LogP contribution is -2.46. The van der Waals surface area contributed by atoms with Crippen molar-refractivity contribution in [2.24, 2.45) is 5.92 Å². The van der Waals surface area contributed by atoms with E-state index in [0.717, 1.165) is 0 Å². The van der Waals surface area contributed by atoms with E-state index in [1.54, 1.807) is 54.4 Å². The Kier molecular flexibility index (Phi) is 6.39. The highest BCUT2D eigenvalue weighted by Gasteiger charge is 2.24. The number of carbonyl (C=O) groups excluding carboxylic acids is 2. The number of halogens is 1. The number of hydrogen-bond acceptors (Lipinski definition) is 4. The third-order valence-corrected chi connectivity index (χ3v) is 4.58. The van der Waals surface area contributed by atoms with Gasteiger partial charge in [-0.2, -0.15) is 5.10 Å². The molecule has 0 aliphatic carbocycles. The molecule has 2 heterocycles. The molecule has 1 atom stereocenters. The van der Waals surface area contributed by atoms with Crippen LogP contribution >= 0.6 is 11.6 Å². The van der Waals surface area contributed by atoms with Crippen LogP contribution in [0.1, 0.15) is 30.8 Å². The van der Waals surface area contributed by atoms with Crippen molar-refractivity contribution >= 4 is 23.4 Å². The Labute approximate surface area is 174 Å². The van der Waals surface area contributed by atoms with Crippen LogP contribution in [-0.4, -0.2) is 34.7 Å². The highest BCUT2D eigenvalue weighted by atomic mass is 35.5. The van der Waals surface area contributed by atoms with E-state index in [0.29, 0.717) is 28.6 Å². The number of hydrogen-bond donors (Lipinski definition) is 2. The van der Waals surface area contributed by atoms with E-state index < -0.39 is 11.9 Å². The summed E-state index contributed by atoms with van der Waals surface area (Å²) in [6, 6.07) is 11.7. The first-order chi connectivity index (χ1) is 13.9. The average Bonchev–Trinajstić information content (AvgIpc) is 3.36. The van der Waals surface area contributed by atoms with Gasteiger partial charge in [-0.3, -0.25) is 9.59 Å². The lowest BCUT2D eigenvalue weighted by atomic mass is 10.0. The van der Waals surface area contributed by atoms with Crippen molar-refractivity contribution < 1.29 is 14.0 Å². The minimum absolute atomic E-state index is 0.175. The molecule has 3 aromatic rings. The van der Waals surface area contributed by atoms with E-state index in [2.05, 4.69) is 15.7 Å². The Morgan fingerprint density at radius 2 is 2.00 bits per heavy atom. The normalized spacial score (nSPS) is 12.0. The molecule has 0 aliphatic rings. The summed E-state index contributed by atoms with van der Waals surface area (Å²) in [5.74, 6) is 0.113.